The number of halogens is 1. The number of methoxy groups -OCH3 is 2. The van der Waals surface area contributed by atoms with Gasteiger partial charge in [-0.2, -0.15) is 0 Å². The molecule has 0 aliphatic rings. The summed E-state index contributed by atoms with van der Waals surface area (Å²) >= 11 is 3.44. The summed E-state index contributed by atoms with van der Waals surface area (Å²) in [6.45, 7) is 4.27. The van der Waals surface area contributed by atoms with E-state index in [1.165, 1.54) is 7.11 Å². The van der Waals surface area contributed by atoms with Crippen LogP contribution in [0.2, 0.25) is 0 Å². The van der Waals surface area contributed by atoms with Gasteiger partial charge in [-0.3, -0.25) is 4.79 Å². The third-order valence-corrected chi connectivity index (χ3v) is 3.39. The smallest absolute Gasteiger partial charge is 0.325 e. The molecule has 1 rings (SSSR count). The summed E-state index contributed by atoms with van der Waals surface area (Å²) < 4.78 is 11.1. The lowest BCUT2D eigenvalue weighted by atomic mass is 10.0. The van der Waals surface area contributed by atoms with E-state index in [9.17, 15) is 4.79 Å². The molecule has 106 valence electrons. The fourth-order valence-electron chi connectivity index (χ4n) is 1.78. The Bertz CT molecular complexity index is 446. The SMILES string of the molecule is COC(=O)C(C)(C)NCCc1cc(Br)ccc1OC. The molecule has 0 radical (unpaired) electrons. The zero-order chi connectivity index (χ0) is 14.5. The van der Waals surface area contributed by atoms with Gasteiger partial charge in [0.1, 0.15) is 11.3 Å². The lowest BCUT2D eigenvalue weighted by Gasteiger charge is -2.23. The highest BCUT2D eigenvalue weighted by molar-refractivity contribution is 9.10. The first-order chi connectivity index (χ1) is 8.90. The number of benzene rings is 1. The molecule has 0 saturated carbocycles. The standard InChI is InChI=1S/C14H20BrNO3/c1-14(2,13(17)19-4)16-8-7-10-9-11(15)5-6-12(10)18-3/h5-6,9,16H,7-8H2,1-4H3. The van der Waals surface area contributed by atoms with Gasteiger partial charge in [0.05, 0.1) is 14.2 Å². The number of ether oxygens (including phenoxy) is 2. The van der Waals surface area contributed by atoms with Crippen LogP contribution in [0.15, 0.2) is 22.7 Å². The Labute approximate surface area is 122 Å². The summed E-state index contributed by atoms with van der Waals surface area (Å²) in [5.41, 5.74) is 0.401. The van der Waals surface area contributed by atoms with Crippen LogP contribution in [0.25, 0.3) is 0 Å². The van der Waals surface area contributed by atoms with Gasteiger partial charge in [-0.05, 0) is 44.0 Å². The van der Waals surface area contributed by atoms with Crippen molar-refractivity contribution in [3.05, 3.63) is 28.2 Å². The number of hydrogen-bond donors (Lipinski definition) is 1. The molecule has 0 unspecified atom stereocenters. The summed E-state index contributed by atoms with van der Waals surface area (Å²) in [6.07, 6.45) is 0.767. The number of carbonyl (C=O) groups is 1. The first-order valence-electron chi connectivity index (χ1n) is 6.06. The fourth-order valence-corrected chi connectivity index (χ4v) is 2.19. The summed E-state index contributed by atoms with van der Waals surface area (Å²) in [5.74, 6) is 0.578. The monoisotopic (exact) mass is 329 g/mol. The molecule has 0 spiro atoms. The number of esters is 1. The normalized spacial score (nSPS) is 11.2. The highest BCUT2D eigenvalue weighted by Crippen LogP contribution is 2.23. The molecule has 4 nitrogen and oxygen atoms in total. The van der Waals surface area contributed by atoms with E-state index in [2.05, 4.69) is 21.2 Å². The average Bonchev–Trinajstić information content (AvgIpc) is 2.37. The molecule has 0 fully saturated rings. The number of nitrogens with one attached hydrogen (secondary N) is 1. The van der Waals surface area contributed by atoms with Gasteiger partial charge in [0.25, 0.3) is 0 Å². The first kappa shape index (κ1) is 16.0. The van der Waals surface area contributed by atoms with Crippen molar-refractivity contribution in [3.8, 4) is 5.75 Å². The predicted octanol–water partition coefficient (Wildman–Crippen LogP) is 2.54. The molecule has 0 amide bonds. The maximum absolute atomic E-state index is 11.5. The van der Waals surface area contributed by atoms with Crippen molar-refractivity contribution in [3.63, 3.8) is 0 Å². The van der Waals surface area contributed by atoms with E-state index in [1.807, 2.05) is 18.2 Å². The van der Waals surface area contributed by atoms with Crippen LogP contribution in [0.5, 0.6) is 5.75 Å². The summed E-state index contributed by atoms with van der Waals surface area (Å²) in [6, 6.07) is 5.88. The Balaban J connectivity index is 2.63. The number of carbonyl (C=O) groups excluding carboxylic acids is 1. The van der Waals surface area contributed by atoms with Gasteiger partial charge in [-0.15, -0.1) is 0 Å². The average molecular weight is 330 g/mol. The zero-order valence-electron chi connectivity index (χ0n) is 11.7. The van der Waals surface area contributed by atoms with Crippen LogP contribution < -0.4 is 10.1 Å². The molecule has 5 heteroatoms. The largest absolute Gasteiger partial charge is 0.496 e. The van der Waals surface area contributed by atoms with Crippen molar-refractivity contribution >= 4 is 21.9 Å². The maximum Gasteiger partial charge on any atom is 0.325 e. The van der Waals surface area contributed by atoms with Crippen molar-refractivity contribution in [2.24, 2.45) is 0 Å². The van der Waals surface area contributed by atoms with E-state index < -0.39 is 5.54 Å². The van der Waals surface area contributed by atoms with Crippen LogP contribution in [-0.2, 0) is 16.0 Å². The Hall–Kier alpha value is -1.07. The Morgan fingerprint density at radius 2 is 2.05 bits per heavy atom. The highest BCUT2D eigenvalue weighted by atomic mass is 79.9. The van der Waals surface area contributed by atoms with Crippen molar-refractivity contribution in [1.82, 2.24) is 5.32 Å². The summed E-state index contributed by atoms with van der Waals surface area (Å²) in [4.78, 5) is 11.5. The van der Waals surface area contributed by atoms with Crippen molar-refractivity contribution < 1.29 is 14.3 Å². The lowest BCUT2D eigenvalue weighted by molar-refractivity contribution is -0.147. The second kappa shape index (κ2) is 6.91. The minimum atomic E-state index is -0.687. The van der Waals surface area contributed by atoms with Gasteiger partial charge in [-0.1, -0.05) is 15.9 Å². The molecule has 0 aliphatic carbocycles. The second-order valence-electron chi connectivity index (χ2n) is 4.75. The molecule has 0 bridgehead atoms. The topological polar surface area (TPSA) is 47.6 Å². The molecule has 0 aliphatic heterocycles. The molecule has 1 aromatic rings. The Morgan fingerprint density at radius 1 is 1.37 bits per heavy atom. The van der Waals surface area contributed by atoms with E-state index in [0.29, 0.717) is 6.54 Å². The Kier molecular flexibility index (Phi) is 5.82. The van der Waals surface area contributed by atoms with Gasteiger partial charge in [0, 0.05) is 11.0 Å². The molecule has 1 N–H and O–H groups in total. The molecule has 0 atom stereocenters. The molecule has 1 aromatic carbocycles. The van der Waals surface area contributed by atoms with Crippen LogP contribution in [0.4, 0.5) is 0 Å². The van der Waals surface area contributed by atoms with E-state index in [0.717, 1.165) is 22.2 Å². The van der Waals surface area contributed by atoms with Crippen LogP contribution in [0.3, 0.4) is 0 Å². The van der Waals surface area contributed by atoms with Crippen LogP contribution in [-0.4, -0.2) is 32.3 Å². The molecule has 0 saturated heterocycles. The van der Waals surface area contributed by atoms with Gasteiger partial charge in [-0.25, -0.2) is 0 Å². The van der Waals surface area contributed by atoms with Gasteiger partial charge >= 0.3 is 5.97 Å². The molecule has 0 aromatic heterocycles. The second-order valence-corrected chi connectivity index (χ2v) is 5.67. The predicted molar refractivity (Wildman–Crippen MR) is 78.5 cm³/mol. The molecular weight excluding hydrogens is 310 g/mol. The fraction of sp³-hybridized carbons (Fsp3) is 0.500. The minimum Gasteiger partial charge on any atom is -0.496 e. The maximum atomic E-state index is 11.5. The van der Waals surface area contributed by atoms with Crippen LogP contribution >= 0.6 is 15.9 Å². The molecular formula is C14H20BrNO3. The zero-order valence-corrected chi connectivity index (χ0v) is 13.3. The quantitative estimate of drug-likeness (QED) is 0.815. The van der Waals surface area contributed by atoms with E-state index in [4.69, 9.17) is 9.47 Å². The third-order valence-electron chi connectivity index (χ3n) is 2.90. The number of hydrogen-bond acceptors (Lipinski definition) is 4. The first-order valence-corrected chi connectivity index (χ1v) is 6.86. The van der Waals surface area contributed by atoms with Crippen molar-refractivity contribution in [2.75, 3.05) is 20.8 Å². The summed E-state index contributed by atoms with van der Waals surface area (Å²) in [7, 11) is 3.04. The van der Waals surface area contributed by atoms with E-state index in [1.54, 1.807) is 21.0 Å². The number of rotatable bonds is 6. The Morgan fingerprint density at radius 3 is 2.63 bits per heavy atom. The summed E-state index contributed by atoms with van der Waals surface area (Å²) in [5, 5.41) is 3.18. The van der Waals surface area contributed by atoms with Crippen molar-refractivity contribution in [2.45, 2.75) is 25.8 Å². The van der Waals surface area contributed by atoms with Gasteiger partial charge < -0.3 is 14.8 Å². The molecule has 19 heavy (non-hydrogen) atoms. The lowest BCUT2D eigenvalue weighted by Crippen LogP contribution is -2.48. The van der Waals surface area contributed by atoms with E-state index in [-0.39, 0.29) is 5.97 Å². The highest BCUT2D eigenvalue weighted by Gasteiger charge is 2.27. The third kappa shape index (κ3) is 4.51. The van der Waals surface area contributed by atoms with Crippen LogP contribution in [0, 0.1) is 0 Å². The van der Waals surface area contributed by atoms with Crippen molar-refractivity contribution in [1.29, 1.82) is 0 Å². The van der Waals surface area contributed by atoms with E-state index >= 15 is 0 Å². The van der Waals surface area contributed by atoms with Crippen LogP contribution in [0.1, 0.15) is 19.4 Å². The van der Waals surface area contributed by atoms with Gasteiger partial charge in [0.15, 0.2) is 0 Å². The minimum absolute atomic E-state index is 0.270. The van der Waals surface area contributed by atoms with Gasteiger partial charge in [0.2, 0.25) is 0 Å². The molecule has 0 heterocycles.